The molecule has 19 heavy (non-hydrogen) atoms. The van der Waals surface area contributed by atoms with Gasteiger partial charge in [0.05, 0.1) is 29.8 Å². The number of nitrogens with zero attached hydrogens (tertiary/aromatic N) is 3. The maximum atomic E-state index is 13.2. The van der Waals surface area contributed by atoms with E-state index in [4.69, 9.17) is 5.26 Å². The summed E-state index contributed by atoms with van der Waals surface area (Å²) >= 11 is 0. The Balaban J connectivity index is 2.56. The lowest BCUT2D eigenvalue weighted by atomic mass is 10.0. The molecule has 0 fully saturated rings. The second-order valence-electron chi connectivity index (χ2n) is 3.80. The summed E-state index contributed by atoms with van der Waals surface area (Å²) < 4.78 is 37.3. The standard InChI is InChI=1S/C12H10FN3O2S/c1-2-19(17,18)16-8-10(7-15-16)12-5-11(13)4-3-9(12)6-14/h3-5,7-8H,2H2,1H3. The largest absolute Gasteiger partial charge is 0.253 e. The number of hydrogen-bond donors (Lipinski definition) is 0. The van der Waals surface area contributed by atoms with Crippen LogP contribution in [0.4, 0.5) is 4.39 Å². The average molecular weight is 279 g/mol. The van der Waals surface area contributed by atoms with Gasteiger partial charge in [0.15, 0.2) is 0 Å². The van der Waals surface area contributed by atoms with Crippen LogP contribution in [0.1, 0.15) is 12.5 Å². The zero-order chi connectivity index (χ0) is 14.0. The van der Waals surface area contributed by atoms with Crippen LogP contribution in [-0.2, 0) is 10.0 Å². The van der Waals surface area contributed by atoms with Gasteiger partial charge < -0.3 is 0 Å². The van der Waals surface area contributed by atoms with Crippen LogP contribution in [0.2, 0.25) is 0 Å². The fourth-order valence-electron chi connectivity index (χ4n) is 1.58. The second kappa shape index (κ2) is 4.82. The summed E-state index contributed by atoms with van der Waals surface area (Å²) in [5.74, 6) is -0.595. The summed E-state index contributed by atoms with van der Waals surface area (Å²) in [6.07, 6.45) is 2.57. The number of rotatable bonds is 3. The quantitative estimate of drug-likeness (QED) is 0.857. The van der Waals surface area contributed by atoms with Crippen LogP contribution < -0.4 is 0 Å². The Morgan fingerprint density at radius 1 is 1.47 bits per heavy atom. The minimum Gasteiger partial charge on any atom is -0.207 e. The average Bonchev–Trinajstić information content (AvgIpc) is 2.89. The van der Waals surface area contributed by atoms with Crippen LogP contribution in [0, 0.1) is 17.1 Å². The van der Waals surface area contributed by atoms with Crippen molar-refractivity contribution in [2.45, 2.75) is 6.92 Å². The Morgan fingerprint density at radius 3 is 2.84 bits per heavy atom. The van der Waals surface area contributed by atoms with E-state index in [1.807, 2.05) is 6.07 Å². The highest BCUT2D eigenvalue weighted by Gasteiger charge is 2.14. The van der Waals surface area contributed by atoms with E-state index in [-0.39, 0.29) is 11.3 Å². The molecule has 1 aromatic carbocycles. The van der Waals surface area contributed by atoms with Crippen LogP contribution in [0.5, 0.6) is 0 Å². The molecule has 0 spiro atoms. The van der Waals surface area contributed by atoms with Crippen molar-refractivity contribution < 1.29 is 12.8 Å². The molecule has 2 rings (SSSR count). The summed E-state index contributed by atoms with van der Waals surface area (Å²) in [5, 5.41) is 12.7. The van der Waals surface area contributed by atoms with Crippen molar-refractivity contribution in [2.75, 3.05) is 5.75 Å². The van der Waals surface area contributed by atoms with Gasteiger partial charge in [0.25, 0.3) is 10.0 Å². The van der Waals surface area contributed by atoms with Crippen LogP contribution in [0.25, 0.3) is 11.1 Å². The topological polar surface area (TPSA) is 75.8 Å². The van der Waals surface area contributed by atoms with E-state index >= 15 is 0 Å². The predicted molar refractivity (Wildman–Crippen MR) is 67.2 cm³/mol. The van der Waals surface area contributed by atoms with Gasteiger partial charge in [-0.05, 0) is 25.1 Å². The molecule has 5 nitrogen and oxygen atoms in total. The molecule has 98 valence electrons. The highest BCUT2D eigenvalue weighted by Crippen LogP contribution is 2.24. The molecule has 0 aliphatic rings. The number of hydrogen-bond acceptors (Lipinski definition) is 4. The van der Waals surface area contributed by atoms with Gasteiger partial charge in [-0.25, -0.2) is 12.8 Å². The highest BCUT2D eigenvalue weighted by molar-refractivity contribution is 7.89. The number of halogens is 1. The van der Waals surface area contributed by atoms with Gasteiger partial charge >= 0.3 is 0 Å². The lowest BCUT2D eigenvalue weighted by Gasteiger charge is -2.01. The van der Waals surface area contributed by atoms with Crippen molar-refractivity contribution in [2.24, 2.45) is 0 Å². The fourth-order valence-corrected chi connectivity index (χ4v) is 2.31. The van der Waals surface area contributed by atoms with E-state index < -0.39 is 15.8 Å². The highest BCUT2D eigenvalue weighted by atomic mass is 32.2. The van der Waals surface area contributed by atoms with Gasteiger partial charge in [-0.3, -0.25) is 0 Å². The zero-order valence-electron chi connectivity index (χ0n) is 10.0. The minimum atomic E-state index is -3.49. The van der Waals surface area contributed by atoms with E-state index in [9.17, 15) is 12.8 Å². The Morgan fingerprint density at radius 2 is 2.21 bits per heavy atom. The van der Waals surface area contributed by atoms with Gasteiger partial charge in [-0.1, -0.05) is 0 Å². The predicted octanol–water partition coefficient (Wildman–Crippen LogP) is 1.76. The van der Waals surface area contributed by atoms with Crippen LogP contribution in [0.15, 0.2) is 30.6 Å². The first-order valence-electron chi connectivity index (χ1n) is 5.46. The summed E-state index contributed by atoms with van der Waals surface area (Å²) in [5.41, 5.74) is 0.961. The van der Waals surface area contributed by atoms with Crippen molar-refractivity contribution in [3.05, 3.63) is 42.0 Å². The third-order valence-electron chi connectivity index (χ3n) is 2.62. The monoisotopic (exact) mass is 279 g/mol. The summed E-state index contributed by atoms with van der Waals surface area (Å²) in [7, 11) is -3.49. The SMILES string of the molecule is CCS(=O)(=O)n1cc(-c2cc(F)ccc2C#N)cn1. The molecule has 2 aromatic rings. The molecule has 0 amide bonds. The van der Waals surface area contributed by atoms with E-state index in [0.717, 1.165) is 4.09 Å². The summed E-state index contributed by atoms with van der Waals surface area (Å²) in [6, 6.07) is 5.63. The van der Waals surface area contributed by atoms with Crippen LogP contribution in [0.3, 0.4) is 0 Å². The normalized spacial score (nSPS) is 11.2. The summed E-state index contributed by atoms with van der Waals surface area (Å²) in [6.45, 7) is 1.50. The molecule has 0 N–H and O–H groups in total. The Labute approximate surface area is 110 Å². The molecule has 0 unspecified atom stereocenters. The molecule has 0 bridgehead atoms. The van der Waals surface area contributed by atoms with Gasteiger partial charge in [0.1, 0.15) is 5.82 Å². The van der Waals surface area contributed by atoms with Crippen molar-refractivity contribution in [1.82, 2.24) is 9.19 Å². The van der Waals surface area contributed by atoms with Gasteiger partial charge in [-0.15, -0.1) is 0 Å². The lowest BCUT2D eigenvalue weighted by Crippen LogP contribution is -2.14. The molecular formula is C12H10FN3O2S. The van der Waals surface area contributed by atoms with Crippen molar-refractivity contribution in [3.63, 3.8) is 0 Å². The van der Waals surface area contributed by atoms with E-state index in [2.05, 4.69) is 5.10 Å². The molecule has 0 saturated carbocycles. The lowest BCUT2D eigenvalue weighted by molar-refractivity contribution is 0.581. The fraction of sp³-hybridized carbons (Fsp3) is 0.167. The summed E-state index contributed by atoms with van der Waals surface area (Å²) in [4.78, 5) is 0. The molecule has 0 saturated heterocycles. The molecular weight excluding hydrogens is 269 g/mol. The second-order valence-corrected chi connectivity index (χ2v) is 5.92. The third kappa shape index (κ3) is 2.48. The van der Waals surface area contributed by atoms with E-state index in [0.29, 0.717) is 11.1 Å². The first-order chi connectivity index (χ1) is 8.97. The number of nitriles is 1. The maximum Gasteiger partial charge on any atom is 0.253 e. The minimum absolute atomic E-state index is 0.0949. The molecule has 0 atom stereocenters. The first-order valence-corrected chi connectivity index (χ1v) is 7.07. The third-order valence-corrected chi connectivity index (χ3v) is 4.12. The molecule has 1 heterocycles. The molecule has 0 aliphatic carbocycles. The van der Waals surface area contributed by atoms with Gasteiger partial charge in [0.2, 0.25) is 0 Å². The van der Waals surface area contributed by atoms with E-state index in [1.165, 1.54) is 37.5 Å². The smallest absolute Gasteiger partial charge is 0.207 e. The molecule has 1 aromatic heterocycles. The first kappa shape index (κ1) is 13.2. The number of aromatic nitrogens is 2. The van der Waals surface area contributed by atoms with Gasteiger partial charge in [0, 0.05) is 11.1 Å². The van der Waals surface area contributed by atoms with E-state index in [1.54, 1.807) is 0 Å². The maximum absolute atomic E-state index is 13.2. The van der Waals surface area contributed by atoms with Crippen molar-refractivity contribution in [1.29, 1.82) is 5.26 Å². The molecule has 0 aliphatic heterocycles. The van der Waals surface area contributed by atoms with Crippen molar-refractivity contribution >= 4 is 10.0 Å². The Hall–Kier alpha value is -2.20. The van der Waals surface area contributed by atoms with Crippen molar-refractivity contribution in [3.8, 4) is 17.2 Å². The van der Waals surface area contributed by atoms with Crippen LogP contribution >= 0.6 is 0 Å². The zero-order valence-corrected chi connectivity index (χ0v) is 10.9. The Kier molecular flexibility index (Phi) is 3.36. The van der Waals surface area contributed by atoms with Crippen LogP contribution in [-0.4, -0.2) is 23.4 Å². The Bertz CT molecular complexity index is 760. The van der Waals surface area contributed by atoms with Gasteiger partial charge in [-0.2, -0.15) is 14.4 Å². The molecule has 0 radical (unpaired) electrons. The number of benzene rings is 1. The molecule has 7 heteroatoms.